The van der Waals surface area contributed by atoms with Crippen molar-refractivity contribution in [2.75, 3.05) is 0 Å². The molecule has 0 aromatic heterocycles. The van der Waals surface area contributed by atoms with Crippen LogP contribution in [0.1, 0.15) is 25.8 Å². The molecule has 0 nitrogen and oxygen atoms in total. The maximum Gasteiger partial charge on any atom is 0.0119 e. The molecule has 0 aliphatic heterocycles. The average Bonchev–Trinajstić information content (AvgIpc) is 2.22. The predicted octanol–water partition coefficient (Wildman–Crippen LogP) is 4.96. The molecule has 1 aromatic rings. The molecular formula is C14H18S. The van der Waals surface area contributed by atoms with Gasteiger partial charge in [0.25, 0.3) is 0 Å². The summed E-state index contributed by atoms with van der Waals surface area (Å²) >= 11 is 1.81. The van der Waals surface area contributed by atoms with Gasteiger partial charge in [-0.2, -0.15) is 0 Å². The third-order valence-electron chi connectivity index (χ3n) is 2.00. The van der Waals surface area contributed by atoms with Crippen molar-refractivity contribution >= 4 is 11.8 Å². The lowest BCUT2D eigenvalue weighted by atomic mass is 10.2. The minimum absolute atomic E-state index is 1.10. The Labute approximate surface area is 97.1 Å². The Balaban J connectivity index is 2.58. The van der Waals surface area contributed by atoms with Gasteiger partial charge in [0.05, 0.1) is 0 Å². The molecular weight excluding hydrogens is 200 g/mol. The fraction of sp³-hybridized carbons (Fsp3) is 0.286. The first-order valence-corrected chi connectivity index (χ1v) is 6.12. The molecule has 0 fully saturated rings. The highest BCUT2D eigenvalue weighted by atomic mass is 32.2. The maximum atomic E-state index is 2.17. The van der Waals surface area contributed by atoms with Gasteiger partial charge in [-0.1, -0.05) is 54.6 Å². The van der Waals surface area contributed by atoms with Gasteiger partial charge in [0.1, 0.15) is 0 Å². The van der Waals surface area contributed by atoms with Gasteiger partial charge in [0, 0.05) is 4.90 Å². The van der Waals surface area contributed by atoms with Crippen molar-refractivity contribution in [3.63, 3.8) is 0 Å². The monoisotopic (exact) mass is 218 g/mol. The molecule has 1 heteroatoms. The first-order chi connectivity index (χ1) is 7.22. The lowest BCUT2D eigenvalue weighted by Crippen LogP contribution is -1.73. The largest absolute Gasteiger partial charge is 0.0949 e. The minimum atomic E-state index is 1.10. The van der Waals surface area contributed by atoms with Gasteiger partial charge in [-0.25, -0.2) is 0 Å². The zero-order valence-corrected chi connectivity index (χ0v) is 10.5. The molecule has 0 aliphatic rings. The summed E-state index contributed by atoms with van der Waals surface area (Å²) in [6.45, 7) is 6.40. The third kappa shape index (κ3) is 4.89. The number of hydrogen-bond donors (Lipinski definition) is 0. The minimum Gasteiger partial charge on any atom is -0.0949 e. The Bertz CT molecular complexity index is 344. The molecule has 15 heavy (non-hydrogen) atoms. The zero-order valence-electron chi connectivity index (χ0n) is 9.66. The molecule has 0 saturated carbocycles. The van der Waals surface area contributed by atoms with Crippen molar-refractivity contribution in [3.8, 4) is 0 Å². The molecule has 0 amide bonds. The van der Waals surface area contributed by atoms with E-state index in [1.165, 1.54) is 15.4 Å². The third-order valence-corrected chi connectivity index (χ3v) is 2.97. The van der Waals surface area contributed by atoms with E-state index in [0.29, 0.717) is 0 Å². The summed E-state index contributed by atoms with van der Waals surface area (Å²) in [4.78, 5) is 2.63. The molecule has 0 saturated heterocycles. The normalized spacial score (nSPS) is 12.3. The van der Waals surface area contributed by atoms with E-state index in [-0.39, 0.29) is 0 Å². The Morgan fingerprint density at radius 1 is 1.27 bits per heavy atom. The number of rotatable bonds is 4. The zero-order chi connectivity index (χ0) is 11.1. The second-order valence-corrected chi connectivity index (χ2v) is 4.85. The quantitative estimate of drug-likeness (QED) is 0.508. The summed E-state index contributed by atoms with van der Waals surface area (Å²) in [5.74, 6) is 0. The van der Waals surface area contributed by atoms with Crippen LogP contribution >= 0.6 is 11.8 Å². The van der Waals surface area contributed by atoms with Gasteiger partial charge in [-0.15, -0.1) is 0 Å². The van der Waals surface area contributed by atoms with E-state index in [0.717, 1.165) is 6.42 Å². The van der Waals surface area contributed by atoms with Gasteiger partial charge in [0.2, 0.25) is 0 Å². The second kappa shape index (κ2) is 6.52. The lowest BCUT2D eigenvalue weighted by Gasteiger charge is -2.00. The van der Waals surface area contributed by atoms with E-state index >= 15 is 0 Å². The van der Waals surface area contributed by atoms with Gasteiger partial charge >= 0.3 is 0 Å². The van der Waals surface area contributed by atoms with Crippen molar-refractivity contribution in [1.29, 1.82) is 0 Å². The van der Waals surface area contributed by atoms with Crippen LogP contribution in [0.3, 0.4) is 0 Å². The van der Waals surface area contributed by atoms with Gasteiger partial charge in [0.15, 0.2) is 0 Å². The molecule has 0 unspecified atom stereocenters. The summed E-state index contributed by atoms with van der Waals surface area (Å²) in [6.07, 6.45) is 7.54. The standard InChI is InChI=1S/C14H18S/c1-4-5-6-7-13(3)15-14-10-8-12(2)9-11-14/h5-11H,4H2,1-3H3/b6-5-,13-7+. The summed E-state index contributed by atoms with van der Waals surface area (Å²) in [5.41, 5.74) is 1.31. The first-order valence-electron chi connectivity index (χ1n) is 5.30. The van der Waals surface area contributed by atoms with Crippen LogP contribution in [-0.4, -0.2) is 0 Å². The van der Waals surface area contributed by atoms with Gasteiger partial charge < -0.3 is 0 Å². The van der Waals surface area contributed by atoms with Crippen LogP contribution in [0, 0.1) is 6.92 Å². The summed E-state index contributed by atoms with van der Waals surface area (Å²) in [5, 5.41) is 0. The van der Waals surface area contributed by atoms with Crippen LogP contribution in [0.4, 0.5) is 0 Å². The summed E-state index contributed by atoms with van der Waals surface area (Å²) in [6, 6.07) is 8.64. The van der Waals surface area contributed by atoms with E-state index in [9.17, 15) is 0 Å². The predicted molar refractivity (Wildman–Crippen MR) is 70.2 cm³/mol. The summed E-state index contributed by atoms with van der Waals surface area (Å²) in [7, 11) is 0. The van der Waals surface area contributed by atoms with Gasteiger partial charge in [-0.05, 0) is 37.3 Å². The Kier molecular flexibility index (Phi) is 5.27. The van der Waals surface area contributed by atoms with Crippen LogP contribution in [0.2, 0.25) is 0 Å². The van der Waals surface area contributed by atoms with Gasteiger partial charge in [-0.3, -0.25) is 0 Å². The average molecular weight is 218 g/mol. The fourth-order valence-corrected chi connectivity index (χ4v) is 1.96. The first kappa shape index (κ1) is 12.1. The molecule has 0 bridgehead atoms. The van der Waals surface area contributed by atoms with E-state index in [4.69, 9.17) is 0 Å². The molecule has 80 valence electrons. The van der Waals surface area contributed by atoms with Crippen LogP contribution in [-0.2, 0) is 0 Å². The highest BCUT2D eigenvalue weighted by molar-refractivity contribution is 8.03. The highest BCUT2D eigenvalue weighted by Gasteiger charge is 1.93. The molecule has 0 heterocycles. The van der Waals surface area contributed by atoms with Crippen LogP contribution < -0.4 is 0 Å². The molecule has 0 radical (unpaired) electrons. The van der Waals surface area contributed by atoms with Crippen molar-refractivity contribution in [3.05, 3.63) is 53.0 Å². The van der Waals surface area contributed by atoms with Crippen molar-refractivity contribution < 1.29 is 0 Å². The number of hydrogen-bond acceptors (Lipinski definition) is 1. The van der Waals surface area contributed by atoms with E-state index < -0.39 is 0 Å². The second-order valence-electron chi connectivity index (χ2n) is 3.53. The topological polar surface area (TPSA) is 0 Å². The number of aryl methyl sites for hydroxylation is 1. The Morgan fingerprint density at radius 2 is 1.93 bits per heavy atom. The Morgan fingerprint density at radius 3 is 2.53 bits per heavy atom. The Hall–Kier alpha value is -0.950. The molecule has 0 atom stereocenters. The maximum absolute atomic E-state index is 2.17. The molecule has 1 aromatic carbocycles. The SMILES string of the molecule is CC/C=C\C=C(/C)Sc1ccc(C)cc1. The molecule has 0 N–H and O–H groups in total. The smallest absolute Gasteiger partial charge is 0.0119 e. The number of allylic oxidation sites excluding steroid dienone is 4. The van der Waals surface area contributed by atoms with Crippen LogP contribution in [0.25, 0.3) is 0 Å². The van der Waals surface area contributed by atoms with E-state index in [1.54, 1.807) is 0 Å². The summed E-state index contributed by atoms with van der Waals surface area (Å²) < 4.78 is 0. The van der Waals surface area contributed by atoms with E-state index in [1.807, 2.05) is 11.8 Å². The lowest BCUT2D eigenvalue weighted by molar-refractivity contribution is 1.22. The van der Waals surface area contributed by atoms with Crippen LogP contribution in [0.15, 0.2) is 52.3 Å². The highest BCUT2D eigenvalue weighted by Crippen LogP contribution is 2.26. The van der Waals surface area contributed by atoms with E-state index in [2.05, 4.69) is 63.3 Å². The van der Waals surface area contributed by atoms with Crippen molar-refractivity contribution in [2.45, 2.75) is 32.1 Å². The number of thioether (sulfide) groups is 1. The number of benzene rings is 1. The van der Waals surface area contributed by atoms with Crippen molar-refractivity contribution in [2.24, 2.45) is 0 Å². The van der Waals surface area contributed by atoms with Crippen LogP contribution in [0.5, 0.6) is 0 Å². The molecule has 0 spiro atoms. The molecule has 1 rings (SSSR count). The van der Waals surface area contributed by atoms with Crippen molar-refractivity contribution in [1.82, 2.24) is 0 Å². The fourth-order valence-electron chi connectivity index (χ4n) is 1.17. The molecule has 0 aliphatic carbocycles.